The summed E-state index contributed by atoms with van der Waals surface area (Å²) in [5.41, 5.74) is 0. The van der Waals surface area contributed by atoms with Crippen molar-refractivity contribution in [2.45, 2.75) is 0 Å². The molecule has 0 fully saturated rings. The molecule has 1 heterocycles. The van der Waals surface area contributed by atoms with Gasteiger partial charge < -0.3 is 4.74 Å². The van der Waals surface area contributed by atoms with Gasteiger partial charge in [-0.2, -0.15) is 0 Å². The maximum absolute atomic E-state index is 13.3. The Balaban J connectivity index is 2.27. The molecule has 7 heteroatoms. The van der Waals surface area contributed by atoms with Gasteiger partial charge >= 0.3 is 0 Å². The van der Waals surface area contributed by atoms with Crippen LogP contribution in [0.15, 0.2) is 26.6 Å². The van der Waals surface area contributed by atoms with Crippen LogP contribution in [0.25, 0.3) is 0 Å². The zero-order valence-electron chi connectivity index (χ0n) is 7.08. The normalized spacial score (nSPS) is 10.3. The van der Waals surface area contributed by atoms with Crippen molar-refractivity contribution in [3.05, 3.63) is 32.4 Å². The van der Waals surface area contributed by atoms with E-state index in [4.69, 9.17) is 4.74 Å². The monoisotopic (exact) mass is 352 g/mol. The fraction of sp³-hybridized carbons (Fsp3) is 0. The highest BCUT2D eigenvalue weighted by Gasteiger charge is 2.08. The molecular formula is C8H3Br2FN2OS. The molecule has 78 valence electrons. The summed E-state index contributed by atoms with van der Waals surface area (Å²) in [4.78, 5) is 0. The number of hydrogen-bond donors (Lipinski definition) is 0. The first-order chi connectivity index (χ1) is 7.15. The van der Waals surface area contributed by atoms with Crippen LogP contribution >= 0.6 is 43.2 Å². The van der Waals surface area contributed by atoms with E-state index in [9.17, 15) is 4.39 Å². The summed E-state index contributed by atoms with van der Waals surface area (Å²) in [6.45, 7) is 0. The summed E-state index contributed by atoms with van der Waals surface area (Å²) < 4.78 is 19.8. The Morgan fingerprint density at radius 1 is 1.27 bits per heavy atom. The number of aromatic nitrogens is 2. The molecule has 1 aromatic carbocycles. The summed E-state index contributed by atoms with van der Waals surface area (Å²) in [5.74, 6) is -0.322. The van der Waals surface area contributed by atoms with E-state index in [2.05, 4.69) is 42.1 Å². The number of hydrogen-bond acceptors (Lipinski definition) is 4. The summed E-state index contributed by atoms with van der Waals surface area (Å²) in [6, 6.07) is 4.44. The van der Waals surface area contributed by atoms with Crippen LogP contribution in [0.1, 0.15) is 0 Å². The van der Waals surface area contributed by atoms with Gasteiger partial charge in [-0.25, -0.2) is 4.39 Å². The van der Waals surface area contributed by atoms with Gasteiger partial charge in [0, 0.05) is 4.47 Å². The van der Waals surface area contributed by atoms with Gasteiger partial charge in [-0.1, -0.05) is 21.0 Å². The van der Waals surface area contributed by atoms with Crippen LogP contribution in [0, 0.1) is 5.82 Å². The molecule has 2 rings (SSSR count). The van der Waals surface area contributed by atoms with Crippen molar-refractivity contribution in [2.24, 2.45) is 0 Å². The van der Waals surface area contributed by atoms with Crippen LogP contribution in [0.3, 0.4) is 0 Å². The lowest BCUT2D eigenvalue weighted by Crippen LogP contribution is -1.87. The Hall–Kier alpha value is -0.530. The Bertz CT molecular complexity index is 491. The van der Waals surface area contributed by atoms with Gasteiger partial charge in [0.1, 0.15) is 0 Å². The zero-order valence-corrected chi connectivity index (χ0v) is 11.1. The lowest BCUT2D eigenvalue weighted by atomic mass is 10.3. The molecule has 0 radical (unpaired) electrons. The summed E-state index contributed by atoms with van der Waals surface area (Å²) >= 11 is 7.55. The maximum atomic E-state index is 13.3. The van der Waals surface area contributed by atoms with E-state index in [-0.39, 0.29) is 5.75 Å². The van der Waals surface area contributed by atoms with Gasteiger partial charge in [0.15, 0.2) is 15.5 Å². The van der Waals surface area contributed by atoms with Crippen molar-refractivity contribution in [1.82, 2.24) is 10.2 Å². The molecule has 15 heavy (non-hydrogen) atoms. The number of ether oxygens (including phenoxy) is 1. The molecule has 0 N–H and O–H groups in total. The summed E-state index contributed by atoms with van der Waals surface area (Å²) in [6.07, 6.45) is 0. The van der Waals surface area contributed by atoms with Gasteiger partial charge in [-0.15, -0.1) is 5.10 Å². The second-order valence-electron chi connectivity index (χ2n) is 2.50. The molecule has 0 saturated heterocycles. The maximum Gasteiger partial charge on any atom is 0.300 e. The van der Waals surface area contributed by atoms with Gasteiger partial charge in [-0.3, -0.25) is 0 Å². The molecule has 0 aliphatic heterocycles. The highest BCUT2D eigenvalue weighted by atomic mass is 79.9. The molecule has 3 nitrogen and oxygen atoms in total. The standard InChI is InChI=1S/C8H3Br2FN2OS/c9-4-1-2-5(11)6(3-4)14-8-13-12-7(10)15-8/h1-3H. The average Bonchev–Trinajstić information content (AvgIpc) is 2.58. The third kappa shape index (κ3) is 2.73. The Labute approximate surface area is 106 Å². The molecule has 0 bridgehead atoms. The average molecular weight is 354 g/mol. The first-order valence-electron chi connectivity index (χ1n) is 3.77. The van der Waals surface area contributed by atoms with E-state index < -0.39 is 5.82 Å². The third-order valence-corrected chi connectivity index (χ3v) is 3.20. The summed E-state index contributed by atoms with van der Waals surface area (Å²) in [7, 11) is 0. The molecule has 0 aliphatic rings. The van der Waals surface area contributed by atoms with Crippen molar-refractivity contribution in [1.29, 1.82) is 0 Å². The quantitative estimate of drug-likeness (QED) is 0.818. The van der Waals surface area contributed by atoms with Gasteiger partial charge in [-0.05, 0) is 45.5 Å². The molecule has 0 aliphatic carbocycles. The smallest absolute Gasteiger partial charge is 0.300 e. The van der Waals surface area contributed by atoms with Crippen LogP contribution in [-0.4, -0.2) is 10.2 Å². The van der Waals surface area contributed by atoms with E-state index in [0.717, 1.165) is 4.47 Å². The van der Waals surface area contributed by atoms with Crippen LogP contribution in [0.5, 0.6) is 10.9 Å². The van der Waals surface area contributed by atoms with Crippen molar-refractivity contribution < 1.29 is 9.13 Å². The minimum absolute atomic E-state index is 0.119. The highest BCUT2D eigenvalue weighted by molar-refractivity contribution is 9.11. The molecule has 0 unspecified atom stereocenters. The first-order valence-corrected chi connectivity index (χ1v) is 6.17. The molecule has 0 amide bonds. The second kappa shape index (κ2) is 4.54. The molecule has 0 saturated carbocycles. The lowest BCUT2D eigenvalue weighted by molar-refractivity contribution is 0.435. The third-order valence-electron chi connectivity index (χ3n) is 1.47. The van der Waals surface area contributed by atoms with E-state index in [1.165, 1.54) is 23.5 Å². The number of nitrogens with zero attached hydrogens (tertiary/aromatic N) is 2. The van der Waals surface area contributed by atoms with E-state index in [0.29, 0.717) is 9.11 Å². The van der Waals surface area contributed by atoms with Gasteiger partial charge in [0.2, 0.25) is 0 Å². The van der Waals surface area contributed by atoms with Crippen LogP contribution in [-0.2, 0) is 0 Å². The van der Waals surface area contributed by atoms with Gasteiger partial charge in [0.05, 0.1) is 0 Å². The first kappa shape index (κ1) is 11.0. The SMILES string of the molecule is Fc1ccc(Br)cc1Oc1nnc(Br)s1. The van der Waals surface area contributed by atoms with E-state index >= 15 is 0 Å². The van der Waals surface area contributed by atoms with Crippen LogP contribution < -0.4 is 4.74 Å². The molecule has 1 aromatic heterocycles. The van der Waals surface area contributed by atoms with E-state index in [1.54, 1.807) is 6.07 Å². The zero-order chi connectivity index (χ0) is 10.8. The Morgan fingerprint density at radius 3 is 2.73 bits per heavy atom. The van der Waals surface area contributed by atoms with Crippen molar-refractivity contribution in [3.63, 3.8) is 0 Å². The number of rotatable bonds is 2. The van der Waals surface area contributed by atoms with Crippen molar-refractivity contribution in [2.75, 3.05) is 0 Å². The molecule has 0 atom stereocenters. The summed E-state index contributed by atoms with van der Waals surface area (Å²) in [5, 5.41) is 7.68. The molecule has 2 aromatic rings. The number of benzene rings is 1. The topological polar surface area (TPSA) is 35.0 Å². The van der Waals surface area contributed by atoms with Crippen molar-refractivity contribution in [3.8, 4) is 10.9 Å². The predicted molar refractivity (Wildman–Crippen MR) is 61.8 cm³/mol. The Kier molecular flexibility index (Phi) is 3.32. The second-order valence-corrected chi connectivity index (χ2v) is 5.63. The minimum Gasteiger partial charge on any atom is -0.427 e. The lowest BCUT2D eigenvalue weighted by Gasteiger charge is -2.02. The van der Waals surface area contributed by atoms with Crippen LogP contribution in [0.2, 0.25) is 0 Å². The van der Waals surface area contributed by atoms with Crippen molar-refractivity contribution >= 4 is 43.2 Å². The minimum atomic E-state index is -0.440. The predicted octanol–water partition coefficient (Wildman–Crippen LogP) is 3.99. The largest absolute Gasteiger partial charge is 0.427 e. The Morgan fingerprint density at radius 2 is 2.07 bits per heavy atom. The fourth-order valence-electron chi connectivity index (χ4n) is 0.884. The van der Waals surface area contributed by atoms with Crippen LogP contribution in [0.4, 0.5) is 4.39 Å². The fourth-order valence-corrected chi connectivity index (χ4v) is 2.16. The van der Waals surface area contributed by atoms with Gasteiger partial charge in [0.25, 0.3) is 5.19 Å². The molecular weight excluding hydrogens is 351 g/mol. The molecule has 0 spiro atoms. The van der Waals surface area contributed by atoms with E-state index in [1.807, 2.05) is 0 Å². The number of halogens is 3. The highest BCUT2D eigenvalue weighted by Crippen LogP contribution is 2.30.